The second-order valence-corrected chi connectivity index (χ2v) is 19.4. The highest BCUT2D eigenvalue weighted by molar-refractivity contribution is 5.97. The fraction of sp³-hybridized carbons (Fsp3) is 0.500. The van der Waals surface area contributed by atoms with Gasteiger partial charge in [0.2, 0.25) is 0 Å². The number of rotatable bonds is 14. The first kappa shape index (κ1) is 44.0. The third kappa shape index (κ3) is 8.57. The zero-order valence-corrected chi connectivity index (χ0v) is 37.6. The molecule has 4 aromatic carbocycles. The summed E-state index contributed by atoms with van der Waals surface area (Å²) in [7, 11) is 5.60. The molecule has 0 radical (unpaired) electrons. The Morgan fingerprint density at radius 1 is 0.935 bits per heavy atom. The van der Waals surface area contributed by atoms with E-state index in [1.807, 2.05) is 78.5 Å². The molecule has 330 valence electrons. The Kier molecular flexibility index (Phi) is 13.0. The highest BCUT2D eigenvalue weighted by Crippen LogP contribution is 2.63. The van der Waals surface area contributed by atoms with Gasteiger partial charge in [0.15, 0.2) is 5.78 Å². The van der Waals surface area contributed by atoms with E-state index in [0.29, 0.717) is 47.4 Å². The maximum Gasteiger partial charge on any atom is 0.254 e. The molecule has 3 aliphatic carbocycles. The molecule has 3 saturated carbocycles. The number of fused-ring (bicyclic) bond motifs is 2. The van der Waals surface area contributed by atoms with Crippen molar-refractivity contribution in [2.24, 2.45) is 35.0 Å². The number of benzene rings is 4. The second kappa shape index (κ2) is 18.3. The summed E-state index contributed by atoms with van der Waals surface area (Å²) in [5.41, 5.74) is 6.58. The van der Waals surface area contributed by atoms with Gasteiger partial charge in [0.05, 0.1) is 32.4 Å². The van der Waals surface area contributed by atoms with E-state index in [1.54, 1.807) is 19.1 Å². The molecule has 2 saturated heterocycles. The zero-order valence-electron chi connectivity index (χ0n) is 37.6. The molecular weight excluding hydrogens is 777 g/mol. The number of Topliss-reactive ketones (excluding diaryl/α,β-unsaturated/α-hetero) is 1. The van der Waals surface area contributed by atoms with Gasteiger partial charge < -0.3 is 24.7 Å². The van der Waals surface area contributed by atoms with Crippen molar-refractivity contribution in [2.75, 3.05) is 52.3 Å². The van der Waals surface area contributed by atoms with Crippen LogP contribution in [0.4, 0.5) is 5.69 Å². The Morgan fingerprint density at radius 3 is 2.31 bits per heavy atom. The Balaban J connectivity index is 1.08. The minimum Gasteiger partial charge on any atom is -0.496 e. The maximum atomic E-state index is 14.9. The first-order chi connectivity index (χ1) is 29.8. The molecule has 2 heterocycles. The summed E-state index contributed by atoms with van der Waals surface area (Å²) >= 11 is 0. The van der Waals surface area contributed by atoms with Crippen LogP contribution in [0.2, 0.25) is 0 Å². The summed E-state index contributed by atoms with van der Waals surface area (Å²) in [4.78, 5) is 42.3. The summed E-state index contributed by atoms with van der Waals surface area (Å²) in [5.74, 6) is 2.00. The van der Waals surface area contributed by atoms with Gasteiger partial charge in [-0.15, -0.1) is 0 Å². The van der Waals surface area contributed by atoms with Gasteiger partial charge in [-0.25, -0.2) is 0 Å². The largest absolute Gasteiger partial charge is 0.496 e. The fourth-order valence-corrected chi connectivity index (χ4v) is 11.5. The molecule has 9 atom stereocenters. The van der Waals surface area contributed by atoms with Crippen LogP contribution in [-0.2, 0) is 22.7 Å². The monoisotopic (exact) mass is 842 g/mol. The number of nitrogens with zero attached hydrogens (tertiary/aromatic N) is 4. The van der Waals surface area contributed by atoms with E-state index < -0.39 is 24.2 Å². The van der Waals surface area contributed by atoms with Crippen LogP contribution in [0.25, 0.3) is 11.1 Å². The van der Waals surface area contributed by atoms with Gasteiger partial charge in [-0.3, -0.25) is 19.3 Å². The third-order valence-corrected chi connectivity index (χ3v) is 15.2. The van der Waals surface area contributed by atoms with Crippen LogP contribution in [0.3, 0.4) is 0 Å². The van der Waals surface area contributed by atoms with Gasteiger partial charge in [-0.2, -0.15) is 5.06 Å². The van der Waals surface area contributed by atoms with E-state index in [0.717, 1.165) is 54.0 Å². The molecule has 0 aromatic heterocycles. The first-order valence-electron chi connectivity index (χ1n) is 22.6. The fourth-order valence-electron chi connectivity index (χ4n) is 11.5. The van der Waals surface area contributed by atoms with E-state index in [1.165, 1.54) is 12.0 Å². The Bertz CT molecular complexity index is 2200. The lowest BCUT2D eigenvalue weighted by atomic mass is 9.43. The van der Waals surface area contributed by atoms with Gasteiger partial charge in [0, 0.05) is 75.0 Å². The molecule has 4 aromatic rings. The molecule has 2 aliphatic heterocycles. The topological polar surface area (TPSA) is 106 Å². The van der Waals surface area contributed by atoms with Crippen molar-refractivity contribution >= 4 is 17.4 Å². The number of para-hydroxylation sites is 1. The number of aliphatic hydroxyl groups is 2. The number of hydroxylamine groups is 2. The molecule has 2 bridgehead atoms. The van der Waals surface area contributed by atoms with Crippen LogP contribution < -0.4 is 9.64 Å². The molecular formula is C52H66N4O6. The Morgan fingerprint density at radius 2 is 1.66 bits per heavy atom. The lowest BCUT2D eigenvalue weighted by molar-refractivity contribution is -0.183. The standard InChI is InChI=1S/C52H66N4O6/c1-33-38(24-41-28-44(33)52(41,3)4)27-46(59)49-48(34(2)58)47(32-57)62-56(49)30-37-19-14-20-43(50(37)61-7)39-23-40(26-42(25-39)53(5)6)51(60)55-22-21-54(29-35-15-10-8-11-16-35)31-45(55)36-17-12-9-13-18-36/h8-20,23,25-26,33-34,38,41,44-45,47-49,57-58H,21-22,24,27-32H2,1-7H3/t33-,34+,38-,41-,44+,45?,47+,48-,49?/m1/s1. The zero-order chi connectivity index (χ0) is 43.9. The van der Waals surface area contributed by atoms with Crippen LogP contribution in [0, 0.1) is 35.0 Å². The van der Waals surface area contributed by atoms with Crippen molar-refractivity contribution in [3.05, 3.63) is 119 Å². The third-order valence-electron chi connectivity index (χ3n) is 15.2. The van der Waals surface area contributed by atoms with Crippen LogP contribution in [0.15, 0.2) is 97.1 Å². The summed E-state index contributed by atoms with van der Waals surface area (Å²) < 4.78 is 6.21. The molecule has 2 N–H and O–H groups in total. The average molecular weight is 843 g/mol. The number of carbonyl (C=O) groups is 2. The van der Waals surface area contributed by atoms with E-state index in [9.17, 15) is 19.8 Å². The molecule has 5 aliphatic rings. The minimum absolute atomic E-state index is 0.0301. The molecule has 5 fully saturated rings. The quantitative estimate of drug-likeness (QED) is 0.131. The molecule has 1 amide bonds. The molecule has 9 rings (SSSR count). The number of piperazine rings is 1. The smallest absolute Gasteiger partial charge is 0.254 e. The number of ketones is 1. The number of anilines is 1. The average Bonchev–Trinajstić information content (AvgIpc) is 3.65. The predicted octanol–water partition coefficient (Wildman–Crippen LogP) is 7.88. The Hall–Kier alpha value is -4.58. The number of hydrogen-bond acceptors (Lipinski definition) is 9. The molecule has 10 heteroatoms. The van der Waals surface area contributed by atoms with E-state index in [2.05, 4.69) is 68.1 Å². The molecule has 2 unspecified atom stereocenters. The number of aliphatic hydroxyl groups excluding tert-OH is 2. The predicted molar refractivity (Wildman–Crippen MR) is 243 cm³/mol. The highest BCUT2D eigenvalue weighted by Gasteiger charge is 2.57. The second-order valence-electron chi connectivity index (χ2n) is 19.4. The van der Waals surface area contributed by atoms with Crippen molar-refractivity contribution in [3.8, 4) is 16.9 Å². The van der Waals surface area contributed by atoms with Crippen molar-refractivity contribution in [1.82, 2.24) is 14.9 Å². The van der Waals surface area contributed by atoms with Crippen molar-refractivity contribution in [3.63, 3.8) is 0 Å². The van der Waals surface area contributed by atoms with Crippen molar-refractivity contribution < 1.29 is 29.4 Å². The van der Waals surface area contributed by atoms with E-state index in [4.69, 9.17) is 9.57 Å². The normalized spacial score (nSPS) is 27.7. The summed E-state index contributed by atoms with van der Waals surface area (Å²) in [5, 5.41) is 23.2. The van der Waals surface area contributed by atoms with Crippen molar-refractivity contribution in [2.45, 2.75) is 84.3 Å². The van der Waals surface area contributed by atoms with E-state index in [-0.39, 0.29) is 36.8 Å². The van der Waals surface area contributed by atoms with Gasteiger partial charge in [-0.05, 0) is 83.7 Å². The number of hydrogen-bond donors (Lipinski definition) is 2. The van der Waals surface area contributed by atoms with Crippen LogP contribution in [-0.4, -0.2) is 102 Å². The summed E-state index contributed by atoms with van der Waals surface area (Å²) in [6.07, 6.45) is 1.11. The first-order valence-corrected chi connectivity index (χ1v) is 22.6. The maximum absolute atomic E-state index is 14.9. The number of carbonyl (C=O) groups excluding carboxylic acids is 2. The van der Waals surface area contributed by atoms with Crippen LogP contribution >= 0.6 is 0 Å². The Labute approximate surface area is 368 Å². The highest BCUT2D eigenvalue weighted by atomic mass is 16.7. The number of ether oxygens (including phenoxy) is 1. The molecule has 10 nitrogen and oxygen atoms in total. The SMILES string of the molecule is COc1c(CN2O[C@@H](CO)[C@@H]([C@H](C)O)C2C(=O)C[C@H]2C[C@@H]3C[C@@H]([C@@H]2C)C3(C)C)cccc1-c1cc(C(=O)N2CCN(Cc3ccccc3)CC2c2ccccc2)cc(N(C)C)c1. The van der Waals surface area contributed by atoms with Crippen LogP contribution in [0.5, 0.6) is 5.75 Å². The van der Waals surface area contributed by atoms with Gasteiger partial charge in [0.25, 0.3) is 5.91 Å². The lowest BCUT2D eigenvalue weighted by Crippen LogP contribution is -2.55. The number of amides is 1. The summed E-state index contributed by atoms with van der Waals surface area (Å²) in [6.45, 7) is 11.5. The molecule has 62 heavy (non-hydrogen) atoms. The minimum atomic E-state index is -0.867. The van der Waals surface area contributed by atoms with Crippen molar-refractivity contribution in [1.29, 1.82) is 0 Å². The van der Waals surface area contributed by atoms with Gasteiger partial charge in [0.1, 0.15) is 17.9 Å². The molecule has 0 spiro atoms. The number of methoxy groups -OCH3 is 1. The van der Waals surface area contributed by atoms with Gasteiger partial charge in [-0.1, -0.05) is 99.6 Å². The van der Waals surface area contributed by atoms with Crippen LogP contribution in [0.1, 0.15) is 80.0 Å². The summed E-state index contributed by atoms with van der Waals surface area (Å²) in [6, 6.07) is 31.9. The lowest BCUT2D eigenvalue weighted by Gasteiger charge is -2.62. The van der Waals surface area contributed by atoms with E-state index >= 15 is 0 Å². The van der Waals surface area contributed by atoms with Gasteiger partial charge >= 0.3 is 0 Å².